The molecule has 0 bridgehead atoms. The second-order valence-corrected chi connectivity index (χ2v) is 3.88. The molecule has 1 aliphatic rings. The number of halogens is 3. The number of rotatable bonds is 2. The molecule has 19 heavy (non-hydrogen) atoms. The number of carbonyl (C=O) groups is 1. The van der Waals surface area contributed by atoms with Crippen LogP contribution >= 0.6 is 0 Å². The van der Waals surface area contributed by atoms with Crippen LogP contribution in [0.4, 0.5) is 13.2 Å². The van der Waals surface area contributed by atoms with Gasteiger partial charge in [0.15, 0.2) is 6.04 Å². The molecule has 0 amide bonds. The highest BCUT2D eigenvalue weighted by Crippen LogP contribution is 2.24. The summed E-state index contributed by atoms with van der Waals surface area (Å²) in [4.78, 5) is 14.5. The third-order valence-electron chi connectivity index (χ3n) is 2.50. The van der Waals surface area contributed by atoms with Gasteiger partial charge in [-0.3, -0.25) is 0 Å². The standard InChI is InChI=1S/C12H7F3N2O2/c13-12(14,15)11-17-9(10(18)19-11)5-7-1-3-8(6-16)4-2-7/h1-4,9H,5H2. The number of ether oxygens (including phenoxy) is 1. The number of aliphatic imine (C=N–C) groups is 1. The highest BCUT2D eigenvalue weighted by molar-refractivity contribution is 5.99. The Bertz CT molecular complexity index is 570. The van der Waals surface area contributed by atoms with Crippen LogP contribution in [0, 0.1) is 11.3 Å². The maximum absolute atomic E-state index is 12.3. The zero-order valence-corrected chi connectivity index (χ0v) is 9.44. The number of cyclic esters (lactones) is 1. The van der Waals surface area contributed by atoms with Crippen LogP contribution in [-0.4, -0.2) is 24.1 Å². The highest BCUT2D eigenvalue weighted by Gasteiger charge is 2.45. The fourth-order valence-electron chi connectivity index (χ4n) is 1.58. The Morgan fingerprint density at radius 3 is 2.42 bits per heavy atom. The van der Waals surface area contributed by atoms with Gasteiger partial charge in [0.1, 0.15) is 0 Å². The summed E-state index contributed by atoms with van der Waals surface area (Å²) in [7, 11) is 0. The van der Waals surface area contributed by atoms with Gasteiger partial charge in [-0.15, -0.1) is 0 Å². The van der Waals surface area contributed by atoms with E-state index in [0.717, 1.165) is 0 Å². The maximum atomic E-state index is 12.3. The molecule has 1 aromatic carbocycles. The molecule has 0 aliphatic carbocycles. The molecule has 1 aliphatic heterocycles. The lowest BCUT2D eigenvalue weighted by molar-refractivity contribution is -0.139. The Kier molecular flexibility index (Phi) is 3.25. The number of hydrogen-bond acceptors (Lipinski definition) is 4. The second kappa shape index (κ2) is 4.72. The van der Waals surface area contributed by atoms with Crippen LogP contribution in [0.15, 0.2) is 29.3 Å². The number of esters is 1. The lowest BCUT2D eigenvalue weighted by atomic mass is 10.1. The zero-order valence-electron chi connectivity index (χ0n) is 9.44. The summed E-state index contributed by atoms with van der Waals surface area (Å²) in [6, 6.07) is 6.89. The number of alkyl halides is 3. The summed E-state index contributed by atoms with van der Waals surface area (Å²) >= 11 is 0. The Morgan fingerprint density at radius 2 is 1.95 bits per heavy atom. The van der Waals surface area contributed by atoms with Crippen molar-refractivity contribution >= 4 is 11.9 Å². The molecule has 0 N–H and O–H groups in total. The largest absolute Gasteiger partial charge is 0.468 e. The Morgan fingerprint density at radius 1 is 1.32 bits per heavy atom. The SMILES string of the molecule is N#Cc1ccc(CC2N=C(C(F)(F)F)OC2=O)cc1. The van der Waals surface area contributed by atoms with E-state index < -0.39 is 24.1 Å². The van der Waals surface area contributed by atoms with Gasteiger partial charge < -0.3 is 4.74 Å². The number of hydrogen-bond donors (Lipinski definition) is 0. The first-order chi connectivity index (χ1) is 8.90. The van der Waals surface area contributed by atoms with E-state index in [1.165, 1.54) is 12.1 Å². The fourth-order valence-corrected chi connectivity index (χ4v) is 1.58. The van der Waals surface area contributed by atoms with Crippen molar-refractivity contribution in [2.45, 2.75) is 18.6 Å². The van der Waals surface area contributed by atoms with E-state index in [9.17, 15) is 18.0 Å². The third kappa shape index (κ3) is 2.91. The molecule has 98 valence electrons. The number of nitriles is 1. The molecular weight excluding hydrogens is 261 g/mol. The van der Waals surface area contributed by atoms with Crippen molar-refractivity contribution in [3.05, 3.63) is 35.4 Å². The van der Waals surface area contributed by atoms with E-state index in [0.29, 0.717) is 11.1 Å². The van der Waals surface area contributed by atoms with Crippen molar-refractivity contribution in [1.29, 1.82) is 5.26 Å². The van der Waals surface area contributed by atoms with E-state index in [1.54, 1.807) is 12.1 Å². The molecule has 1 aromatic rings. The summed E-state index contributed by atoms with van der Waals surface area (Å²) in [6.07, 6.45) is -4.75. The van der Waals surface area contributed by atoms with Crippen LogP contribution in [0.5, 0.6) is 0 Å². The molecule has 0 saturated heterocycles. The number of benzene rings is 1. The predicted octanol–water partition coefficient (Wildman–Crippen LogP) is 1.99. The van der Waals surface area contributed by atoms with Crippen molar-refractivity contribution in [3.8, 4) is 6.07 Å². The smallest absolute Gasteiger partial charge is 0.401 e. The molecule has 0 spiro atoms. The van der Waals surface area contributed by atoms with Crippen molar-refractivity contribution in [3.63, 3.8) is 0 Å². The molecule has 0 radical (unpaired) electrons. The normalized spacial score (nSPS) is 18.7. The van der Waals surface area contributed by atoms with Crippen LogP contribution in [-0.2, 0) is 16.0 Å². The second-order valence-electron chi connectivity index (χ2n) is 3.88. The van der Waals surface area contributed by atoms with Crippen molar-refractivity contribution in [1.82, 2.24) is 0 Å². The van der Waals surface area contributed by atoms with E-state index >= 15 is 0 Å². The number of carbonyl (C=O) groups excluding carboxylic acids is 1. The minimum absolute atomic E-state index is 0.00409. The van der Waals surface area contributed by atoms with Gasteiger partial charge in [-0.2, -0.15) is 18.4 Å². The van der Waals surface area contributed by atoms with Gasteiger partial charge in [-0.1, -0.05) is 12.1 Å². The molecule has 1 heterocycles. The van der Waals surface area contributed by atoms with E-state index in [4.69, 9.17) is 5.26 Å². The van der Waals surface area contributed by atoms with E-state index in [2.05, 4.69) is 9.73 Å². The molecule has 1 atom stereocenters. The first-order valence-corrected chi connectivity index (χ1v) is 5.26. The van der Waals surface area contributed by atoms with Crippen LogP contribution < -0.4 is 0 Å². The summed E-state index contributed by atoms with van der Waals surface area (Å²) in [6.45, 7) is 0. The molecule has 4 nitrogen and oxygen atoms in total. The minimum Gasteiger partial charge on any atom is -0.401 e. The average molecular weight is 268 g/mol. The highest BCUT2D eigenvalue weighted by atomic mass is 19.4. The molecule has 0 fully saturated rings. The molecular formula is C12H7F3N2O2. The summed E-state index contributed by atoms with van der Waals surface area (Å²) in [5.74, 6) is -2.52. The van der Waals surface area contributed by atoms with Gasteiger partial charge in [0.25, 0.3) is 0 Å². The maximum Gasteiger partial charge on any atom is 0.468 e. The van der Waals surface area contributed by atoms with Gasteiger partial charge in [0.2, 0.25) is 0 Å². The van der Waals surface area contributed by atoms with Gasteiger partial charge >= 0.3 is 18.0 Å². The summed E-state index contributed by atoms with van der Waals surface area (Å²) < 4.78 is 41.0. The van der Waals surface area contributed by atoms with Gasteiger partial charge in [-0.25, -0.2) is 9.79 Å². The minimum atomic E-state index is -4.75. The molecule has 1 unspecified atom stereocenters. The van der Waals surface area contributed by atoms with Crippen molar-refractivity contribution in [2.24, 2.45) is 4.99 Å². The molecule has 2 rings (SSSR count). The van der Waals surface area contributed by atoms with Crippen LogP contribution in [0.25, 0.3) is 0 Å². The first-order valence-electron chi connectivity index (χ1n) is 5.26. The molecule has 0 saturated carbocycles. The van der Waals surface area contributed by atoms with Crippen LogP contribution in [0.1, 0.15) is 11.1 Å². The average Bonchev–Trinajstić information content (AvgIpc) is 2.72. The lowest BCUT2D eigenvalue weighted by Crippen LogP contribution is -2.24. The quantitative estimate of drug-likeness (QED) is 0.770. The topological polar surface area (TPSA) is 62.4 Å². The lowest BCUT2D eigenvalue weighted by Gasteiger charge is -2.03. The van der Waals surface area contributed by atoms with Crippen LogP contribution in [0.3, 0.4) is 0 Å². The number of nitrogens with zero attached hydrogens (tertiary/aromatic N) is 2. The molecule has 0 aromatic heterocycles. The third-order valence-corrected chi connectivity index (χ3v) is 2.50. The van der Waals surface area contributed by atoms with Gasteiger partial charge in [0, 0.05) is 6.42 Å². The van der Waals surface area contributed by atoms with Crippen molar-refractivity contribution in [2.75, 3.05) is 0 Å². The van der Waals surface area contributed by atoms with Gasteiger partial charge in [-0.05, 0) is 17.7 Å². The Hall–Kier alpha value is -2.36. The predicted molar refractivity (Wildman–Crippen MR) is 58.2 cm³/mol. The van der Waals surface area contributed by atoms with E-state index in [1.807, 2.05) is 6.07 Å². The molecule has 7 heteroatoms. The van der Waals surface area contributed by atoms with Crippen molar-refractivity contribution < 1.29 is 22.7 Å². The Labute approximate surface area is 106 Å². The zero-order chi connectivity index (χ0) is 14.0. The van der Waals surface area contributed by atoms with Gasteiger partial charge in [0.05, 0.1) is 11.6 Å². The van der Waals surface area contributed by atoms with Crippen LogP contribution in [0.2, 0.25) is 0 Å². The Balaban J connectivity index is 2.13. The first kappa shape index (κ1) is 13.1. The fraction of sp³-hybridized carbons (Fsp3) is 0.250. The summed E-state index contributed by atoms with van der Waals surface area (Å²) in [5, 5.41) is 8.61. The summed E-state index contributed by atoms with van der Waals surface area (Å²) in [5.41, 5.74) is 1.03. The monoisotopic (exact) mass is 268 g/mol. The van der Waals surface area contributed by atoms with E-state index in [-0.39, 0.29) is 6.42 Å².